The minimum atomic E-state index is -0.330. The lowest BCUT2D eigenvalue weighted by atomic mass is 10.2. The average Bonchev–Trinajstić information content (AvgIpc) is 2.86. The van der Waals surface area contributed by atoms with Crippen molar-refractivity contribution in [3.8, 4) is 0 Å². The average molecular weight is 311 g/mol. The number of hydrogen-bond acceptors (Lipinski definition) is 5. The Morgan fingerprint density at radius 1 is 1.40 bits per heavy atom. The van der Waals surface area contributed by atoms with Gasteiger partial charge in [0.05, 0.1) is 0 Å². The van der Waals surface area contributed by atoms with Crippen molar-refractivity contribution >= 4 is 34.0 Å². The molecule has 0 aromatic carbocycles. The van der Waals surface area contributed by atoms with Gasteiger partial charge < -0.3 is 0 Å². The number of halogens is 1. The van der Waals surface area contributed by atoms with Crippen molar-refractivity contribution in [1.29, 1.82) is 0 Å². The molecule has 0 fully saturated rings. The zero-order valence-corrected chi connectivity index (χ0v) is 12.7. The molecule has 0 aliphatic rings. The van der Waals surface area contributed by atoms with Gasteiger partial charge in [-0.2, -0.15) is 0 Å². The second-order valence-corrected chi connectivity index (χ2v) is 5.77. The summed E-state index contributed by atoms with van der Waals surface area (Å²) >= 11 is 7.22. The van der Waals surface area contributed by atoms with Crippen LogP contribution in [0.2, 0.25) is 5.02 Å². The number of nitrogens with zero attached hydrogens (tertiary/aromatic N) is 3. The smallest absolute Gasteiger partial charge is 0.276 e. The first kappa shape index (κ1) is 14.9. The van der Waals surface area contributed by atoms with E-state index in [1.807, 2.05) is 0 Å². The Morgan fingerprint density at radius 2 is 2.25 bits per heavy atom. The monoisotopic (exact) mass is 310 g/mol. The predicted octanol–water partition coefficient (Wildman–Crippen LogP) is 3.57. The molecule has 2 rings (SSSR count). The molecular formula is C13H15ClN4OS. The number of aryl methyl sites for hydroxylation is 1. The van der Waals surface area contributed by atoms with Crippen LogP contribution >= 0.6 is 22.9 Å². The number of unbranched alkanes of at least 4 members (excludes halogenated alkanes) is 2. The fraction of sp³-hybridized carbons (Fsp3) is 0.385. The van der Waals surface area contributed by atoms with Crippen LogP contribution in [0.4, 0.5) is 5.13 Å². The zero-order chi connectivity index (χ0) is 14.4. The van der Waals surface area contributed by atoms with Crippen LogP contribution < -0.4 is 5.32 Å². The molecule has 0 saturated heterocycles. The van der Waals surface area contributed by atoms with E-state index < -0.39 is 0 Å². The molecule has 2 heterocycles. The van der Waals surface area contributed by atoms with Crippen molar-refractivity contribution in [2.24, 2.45) is 0 Å². The van der Waals surface area contributed by atoms with Gasteiger partial charge in [0, 0.05) is 17.6 Å². The van der Waals surface area contributed by atoms with Crippen LogP contribution in [-0.4, -0.2) is 21.1 Å². The van der Waals surface area contributed by atoms with Crippen molar-refractivity contribution < 1.29 is 4.79 Å². The first-order chi connectivity index (χ1) is 9.69. The maximum atomic E-state index is 11.9. The van der Waals surface area contributed by atoms with Gasteiger partial charge in [-0.05, 0) is 18.6 Å². The lowest BCUT2D eigenvalue weighted by Gasteiger charge is -2.00. The summed E-state index contributed by atoms with van der Waals surface area (Å²) < 4.78 is 0. The Bertz CT molecular complexity index is 587. The van der Waals surface area contributed by atoms with Crippen LogP contribution in [0.15, 0.2) is 18.3 Å². The van der Waals surface area contributed by atoms with Crippen molar-refractivity contribution in [2.75, 3.05) is 5.32 Å². The van der Waals surface area contributed by atoms with Crippen LogP contribution in [0.1, 0.15) is 41.7 Å². The molecular weight excluding hydrogens is 296 g/mol. The van der Waals surface area contributed by atoms with Crippen LogP contribution in [0, 0.1) is 0 Å². The largest absolute Gasteiger partial charge is 0.295 e. The molecule has 0 aliphatic heterocycles. The number of nitrogens with one attached hydrogen (secondary N) is 1. The summed E-state index contributed by atoms with van der Waals surface area (Å²) in [5.41, 5.74) is 0.264. The number of aromatic nitrogens is 3. The number of hydrogen-bond donors (Lipinski definition) is 1. The number of carbonyl (C=O) groups excluding carboxylic acids is 1. The highest BCUT2D eigenvalue weighted by Crippen LogP contribution is 2.18. The van der Waals surface area contributed by atoms with Gasteiger partial charge in [0.15, 0.2) is 0 Å². The molecule has 1 N–H and O–H groups in total. The highest BCUT2D eigenvalue weighted by Gasteiger charge is 2.11. The van der Waals surface area contributed by atoms with Gasteiger partial charge >= 0.3 is 0 Å². The predicted molar refractivity (Wildman–Crippen MR) is 80.3 cm³/mol. The van der Waals surface area contributed by atoms with Crippen molar-refractivity contribution in [2.45, 2.75) is 32.6 Å². The summed E-state index contributed by atoms with van der Waals surface area (Å²) in [4.78, 5) is 15.9. The van der Waals surface area contributed by atoms with Crippen molar-refractivity contribution in [1.82, 2.24) is 15.2 Å². The number of anilines is 1. The van der Waals surface area contributed by atoms with Crippen LogP contribution in [0.25, 0.3) is 0 Å². The second kappa shape index (κ2) is 7.31. The fourth-order valence-corrected chi connectivity index (χ4v) is 2.56. The SMILES string of the molecule is CCCCCc1nnc(NC(=O)c2cc(Cl)ccn2)s1. The Hall–Kier alpha value is -1.53. The van der Waals surface area contributed by atoms with E-state index in [4.69, 9.17) is 11.6 Å². The van der Waals surface area contributed by atoms with Gasteiger partial charge in [-0.1, -0.05) is 42.7 Å². The highest BCUT2D eigenvalue weighted by molar-refractivity contribution is 7.15. The van der Waals surface area contributed by atoms with E-state index in [1.165, 1.54) is 36.4 Å². The molecule has 0 saturated carbocycles. The van der Waals surface area contributed by atoms with E-state index in [9.17, 15) is 4.79 Å². The second-order valence-electron chi connectivity index (χ2n) is 4.27. The summed E-state index contributed by atoms with van der Waals surface area (Å²) in [6, 6.07) is 3.13. The Kier molecular flexibility index (Phi) is 5.43. The van der Waals surface area contributed by atoms with Crippen molar-refractivity contribution in [3.05, 3.63) is 34.1 Å². The topological polar surface area (TPSA) is 67.8 Å². The minimum absolute atomic E-state index is 0.264. The minimum Gasteiger partial charge on any atom is -0.295 e. The lowest BCUT2D eigenvalue weighted by Crippen LogP contribution is -2.13. The lowest BCUT2D eigenvalue weighted by molar-refractivity contribution is 0.102. The molecule has 0 radical (unpaired) electrons. The summed E-state index contributed by atoms with van der Waals surface area (Å²) in [6.07, 6.45) is 5.83. The quantitative estimate of drug-likeness (QED) is 0.828. The molecule has 0 bridgehead atoms. The normalized spacial score (nSPS) is 10.5. The molecule has 106 valence electrons. The highest BCUT2D eigenvalue weighted by atomic mass is 35.5. The summed E-state index contributed by atoms with van der Waals surface area (Å²) in [6.45, 7) is 2.16. The summed E-state index contributed by atoms with van der Waals surface area (Å²) in [7, 11) is 0. The summed E-state index contributed by atoms with van der Waals surface area (Å²) in [5.74, 6) is -0.330. The molecule has 0 unspecified atom stereocenters. The van der Waals surface area contributed by atoms with Crippen LogP contribution in [-0.2, 0) is 6.42 Å². The van der Waals surface area contributed by atoms with E-state index in [2.05, 4.69) is 27.4 Å². The Morgan fingerprint density at radius 3 is 3.00 bits per heavy atom. The van der Waals surface area contributed by atoms with Crippen LogP contribution in [0.3, 0.4) is 0 Å². The van der Waals surface area contributed by atoms with Gasteiger partial charge in [-0.3, -0.25) is 15.1 Å². The molecule has 2 aromatic rings. The Labute approximate surface area is 126 Å². The molecule has 1 amide bonds. The number of rotatable bonds is 6. The van der Waals surface area contributed by atoms with Gasteiger partial charge in [0.1, 0.15) is 10.7 Å². The first-order valence-corrected chi connectivity index (χ1v) is 7.63. The molecule has 0 atom stereocenters. The van der Waals surface area contributed by atoms with Gasteiger partial charge in [-0.25, -0.2) is 0 Å². The van der Waals surface area contributed by atoms with E-state index >= 15 is 0 Å². The molecule has 20 heavy (non-hydrogen) atoms. The van der Waals surface area contributed by atoms with E-state index in [-0.39, 0.29) is 11.6 Å². The van der Waals surface area contributed by atoms with E-state index in [0.717, 1.165) is 17.8 Å². The maximum Gasteiger partial charge on any atom is 0.276 e. The standard InChI is InChI=1S/C13H15ClN4OS/c1-2-3-4-5-11-17-18-13(20-11)16-12(19)10-8-9(14)6-7-15-10/h6-8H,2-5H2,1H3,(H,16,18,19). The third kappa shape index (κ3) is 4.25. The van der Waals surface area contributed by atoms with Crippen molar-refractivity contribution in [3.63, 3.8) is 0 Å². The molecule has 0 aliphatic carbocycles. The summed E-state index contributed by atoms with van der Waals surface area (Å²) in [5, 5.41) is 12.6. The van der Waals surface area contributed by atoms with E-state index in [1.54, 1.807) is 6.07 Å². The Balaban J connectivity index is 1.94. The van der Waals surface area contributed by atoms with E-state index in [0.29, 0.717) is 10.2 Å². The first-order valence-electron chi connectivity index (χ1n) is 6.44. The van der Waals surface area contributed by atoms with Gasteiger partial charge in [0.25, 0.3) is 5.91 Å². The third-order valence-corrected chi connectivity index (χ3v) is 3.77. The third-order valence-electron chi connectivity index (χ3n) is 2.64. The molecule has 0 spiro atoms. The number of carbonyl (C=O) groups is 1. The fourth-order valence-electron chi connectivity index (χ4n) is 1.62. The van der Waals surface area contributed by atoms with Crippen LogP contribution in [0.5, 0.6) is 0 Å². The molecule has 2 aromatic heterocycles. The van der Waals surface area contributed by atoms with Gasteiger partial charge in [-0.15, -0.1) is 10.2 Å². The molecule has 7 heteroatoms. The molecule has 5 nitrogen and oxygen atoms in total. The number of amides is 1. The zero-order valence-electron chi connectivity index (χ0n) is 11.1. The number of pyridine rings is 1. The van der Waals surface area contributed by atoms with Gasteiger partial charge in [0.2, 0.25) is 5.13 Å². The maximum absolute atomic E-state index is 11.9.